The zero-order valence-corrected chi connectivity index (χ0v) is 20.2. The van der Waals surface area contributed by atoms with E-state index in [4.69, 9.17) is 11.6 Å². The van der Waals surface area contributed by atoms with E-state index in [0.29, 0.717) is 10.7 Å². The number of anilines is 1. The number of sulfonamides is 1. The van der Waals surface area contributed by atoms with E-state index < -0.39 is 15.9 Å². The van der Waals surface area contributed by atoms with Crippen molar-refractivity contribution in [2.45, 2.75) is 38.6 Å². The number of rotatable bonds is 7. The van der Waals surface area contributed by atoms with Crippen molar-refractivity contribution in [3.05, 3.63) is 94.0 Å². The number of halogens is 1. The summed E-state index contributed by atoms with van der Waals surface area (Å²) in [6.45, 7) is 7.63. The van der Waals surface area contributed by atoms with Crippen LogP contribution in [0.2, 0.25) is 5.02 Å². The lowest BCUT2D eigenvalue weighted by molar-refractivity contribution is -0.120. The van der Waals surface area contributed by atoms with E-state index in [1.807, 2.05) is 27.7 Å². The molecule has 32 heavy (non-hydrogen) atoms. The van der Waals surface area contributed by atoms with Crippen molar-refractivity contribution in [2.75, 3.05) is 10.8 Å². The van der Waals surface area contributed by atoms with Gasteiger partial charge in [-0.15, -0.1) is 0 Å². The fourth-order valence-electron chi connectivity index (χ4n) is 3.59. The maximum Gasteiger partial charge on any atom is 0.264 e. The van der Waals surface area contributed by atoms with Crippen molar-refractivity contribution in [3.63, 3.8) is 0 Å². The molecule has 168 valence electrons. The molecule has 0 aliphatic carbocycles. The maximum absolute atomic E-state index is 13.4. The highest BCUT2D eigenvalue weighted by Crippen LogP contribution is 2.26. The van der Waals surface area contributed by atoms with Crippen LogP contribution in [-0.4, -0.2) is 20.9 Å². The SMILES string of the molecule is Cc1cc(C)c([C@@H](C)NC(=O)CN(c2ccc(Cl)cc2)S(=O)(=O)c2ccccc2)cc1C. The summed E-state index contributed by atoms with van der Waals surface area (Å²) in [7, 11) is -3.95. The van der Waals surface area contributed by atoms with E-state index in [-0.39, 0.29) is 17.5 Å². The Morgan fingerprint density at radius 3 is 2.16 bits per heavy atom. The molecule has 0 spiro atoms. The standard InChI is InChI=1S/C25H27ClN2O3S/c1-17-14-19(3)24(15-18(17)2)20(4)27-25(29)16-28(22-12-10-21(26)11-13-22)32(30,31)23-8-6-5-7-9-23/h5-15,20H,16H2,1-4H3,(H,27,29)/t20-/m1/s1. The van der Waals surface area contributed by atoms with Crippen LogP contribution in [0.3, 0.4) is 0 Å². The Bertz CT molecular complexity index is 1210. The van der Waals surface area contributed by atoms with Gasteiger partial charge in [0.25, 0.3) is 10.0 Å². The minimum atomic E-state index is -3.95. The number of amides is 1. The maximum atomic E-state index is 13.4. The van der Waals surface area contributed by atoms with Crippen molar-refractivity contribution < 1.29 is 13.2 Å². The second-order valence-corrected chi connectivity index (χ2v) is 10.2. The quantitative estimate of drug-likeness (QED) is 0.507. The van der Waals surface area contributed by atoms with Crippen LogP contribution in [0.25, 0.3) is 0 Å². The summed E-state index contributed by atoms with van der Waals surface area (Å²) in [6.07, 6.45) is 0. The van der Waals surface area contributed by atoms with Crippen molar-refractivity contribution in [1.29, 1.82) is 0 Å². The third-order valence-electron chi connectivity index (χ3n) is 5.46. The van der Waals surface area contributed by atoms with Crippen LogP contribution < -0.4 is 9.62 Å². The van der Waals surface area contributed by atoms with Crippen LogP contribution in [0.1, 0.15) is 35.2 Å². The van der Waals surface area contributed by atoms with E-state index in [0.717, 1.165) is 21.0 Å². The van der Waals surface area contributed by atoms with E-state index >= 15 is 0 Å². The normalized spacial score (nSPS) is 12.3. The van der Waals surface area contributed by atoms with Crippen LogP contribution in [-0.2, 0) is 14.8 Å². The fourth-order valence-corrected chi connectivity index (χ4v) is 5.15. The molecule has 0 fully saturated rings. The number of carbonyl (C=O) groups excluding carboxylic acids is 1. The largest absolute Gasteiger partial charge is 0.348 e. The van der Waals surface area contributed by atoms with Crippen LogP contribution >= 0.6 is 11.6 Å². The van der Waals surface area contributed by atoms with Crippen molar-refractivity contribution in [3.8, 4) is 0 Å². The van der Waals surface area contributed by atoms with Gasteiger partial charge in [0.2, 0.25) is 5.91 Å². The van der Waals surface area contributed by atoms with Gasteiger partial charge in [0.05, 0.1) is 16.6 Å². The topological polar surface area (TPSA) is 66.5 Å². The Balaban J connectivity index is 1.89. The number of nitrogens with zero attached hydrogens (tertiary/aromatic N) is 1. The molecule has 3 aromatic rings. The molecule has 3 aromatic carbocycles. The Morgan fingerprint density at radius 1 is 0.938 bits per heavy atom. The highest BCUT2D eigenvalue weighted by molar-refractivity contribution is 7.92. The summed E-state index contributed by atoms with van der Waals surface area (Å²) in [5.41, 5.74) is 4.77. The zero-order valence-electron chi connectivity index (χ0n) is 18.6. The summed E-state index contributed by atoms with van der Waals surface area (Å²) in [4.78, 5) is 13.1. The van der Waals surface area contributed by atoms with Gasteiger partial charge in [-0.25, -0.2) is 8.42 Å². The molecular weight excluding hydrogens is 444 g/mol. The van der Waals surface area contributed by atoms with Crippen molar-refractivity contribution in [2.24, 2.45) is 0 Å². The second kappa shape index (κ2) is 9.76. The molecule has 0 heterocycles. The van der Waals surface area contributed by atoms with Gasteiger partial charge in [-0.1, -0.05) is 41.9 Å². The summed E-state index contributed by atoms with van der Waals surface area (Å²) in [5, 5.41) is 3.43. The molecule has 0 radical (unpaired) electrons. The highest BCUT2D eigenvalue weighted by Gasteiger charge is 2.27. The van der Waals surface area contributed by atoms with Gasteiger partial charge in [0, 0.05) is 5.02 Å². The van der Waals surface area contributed by atoms with E-state index in [1.165, 1.54) is 17.7 Å². The molecule has 0 aliphatic heterocycles. The molecule has 7 heteroatoms. The third-order valence-corrected chi connectivity index (χ3v) is 7.50. The molecule has 0 unspecified atom stereocenters. The molecule has 0 saturated carbocycles. The number of hydrogen-bond acceptors (Lipinski definition) is 3. The Kier molecular flexibility index (Phi) is 7.26. The van der Waals surface area contributed by atoms with Gasteiger partial charge in [0.15, 0.2) is 0 Å². The van der Waals surface area contributed by atoms with Crippen molar-refractivity contribution >= 4 is 33.2 Å². The lowest BCUT2D eigenvalue weighted by Crippen LogP contribution is -2.41. The number of aryl methyl sites for hydroxylation is 3. The lowest BCUT2D eigenvalue weighted by atomic mass is 9.96. The monoisotopic (exact) mass is 470 g/mol. The average Bonchev–Trinajstić information content (AvgIpc) is 2.75. The molecule has 1 N–H and O–H groups in total. The van der Waals surface area contributed by atoms with E-state index in [1.54, 1.807) is 42.5 Å². The molecule has 5 nitrogen and oxygen atoms in total. The van der Waals surface area contributed by atoms with E-state index in [9.17, 15) is 13.2 Å². The van der Waals surface area contributed by atoms with Gasteiger partial charge >= 0.3 is 0 Å². The first kappa shape index (κ1) is 23.8. The smallest absolute Gasteiger partial charge is 0.264 e. The van der Waals surface area contributed by atoms with Gasteiger partial charge in [-0.05, 0) is 86.3 Å². The van der Waals surface area contributed by atoms with E-state index in [2.05, 4.69) is 17.4 Å². The predicted octanol–water partition coefficient (Wildman–Crippen LogP) is 5.34. The number of nitrogens with one attached hydrogen (secondary N) is 1. The molecule has 0 aliphatic rings. The van der Waals surface area contributed by atoms with Gasteiger partial charge in [-0.3, -0.25) is 9.10 Å². The number of benzene rings is 3. The summed E-state index contributed by atoms with van der Waals surface area (Å²) in [5.74, 6) is -0.399. The van der Waals surface area contributed by atoms with Crippen LogP contribution in [0.15, 0.2) is 71.6 Å². The molecule has 0 aromatic heterocycles. The Hall–Kier alpha value is -2.83. The zero-order chi connectivity index (χ0) is 23.5. The Labute approximate surface area is 195 Å². The summed E-state index contributed by atoms with van der Waals surface area (Å²) < 4.78 is 27.8. The average molecular weight is 471 g/mol. The number of carbonyl (C=O) groups is 1. The first-order valence-electron chi connectivity index (χ1n) is 10.3. The lowest BCUT2D eigenvalue weighted by Gasteiger charge is -2.25. The first-order valence-corrected chi connectivity index (χ1v) is 12.1. The molecule has 1 atom stereocenters. The highest BCUT2D eigenvalue weighted by atomic mass is 35.5. The van der Waals surface area contributed by atoms with Gasteiger partial charge < -0.3 is 5.32 Å². The minimum absolute atomic E-state index is 0.112. The van der Waals surface area contributed by atoms with Crippen LogP contribution in [0.4, 0.5) is 5.69 Å². The van der Waals surface area contributed by atoms with Crippen molar-refractivity contribution in [1.82, 2.24) is 5.32 Å². The third kappa shape index (κ3) is 5.31. The minimum Gasteiger partial charge on any atom is -0.348 e. The predicted molar refractivity (Wildman–Crippen MR) is 130 cm³/mol. The number of hydrogen-bond donors (Lipinski definition) is 1. The molecule has 3 rings (SSSR count). The fraction of sp³-hybridized carbons (Fsp3) is 0.240. The summed E-state index contributed by atoms with van der Waals surface area (Å²) in [6, 6.07) is 18.3. The molecular formula is C25H27ClN2O3S. The molecule has 1 amide bonds. The van der Waals surface area contributed by atoms with Crippen LogP contribution in [0.5, 0.6) is 0 Å². The second-order valence-electron chi connectivity index (χ2n) is 7.88. The van der Waals surface area contributed by atoms with Crippen LogP contribution in [0, 0.1) is 20.8 Å². The Morgan fingerprint density at radius 2 is 1.53 bits per heavy atom. The summed E-state index contributed by atoms with van der Waals surface area (Å²) >= 11 is 5.98. The van der Waals surface area contributed by atoms with Gasteiger partial charge in [-0.2, -0.15) is 0 Å². The molecule has 0 saturated heterocycles. The first-order chi connectivity index (χ1) is 15.1. The molecule has 0 bridgehead atoms. The van der Waals surface area contributed by atoms with Gasteiger partial charge in [0.1, 0.15) is 6.54 Å².